The molecule has 0 bridgehead atoms. The Morgan fingerprint density at radius 2 is 2.08 bits per heavy atom. The van der Waals surface area contributed by atoms with E-state index in [4.69, 9.17) is 28.9 Å². The Hall–Kier alpha value is -1.37. The lowest BCUT2D eigenvalue weighted by atomic mass is 9.77. The summed E-state index contributed by atoms with van der Waals surface area (Å²) in [6, 6.07) is 4.44. The third kappa shape index (κ3) is 3.61. The van der Waals surface area contributed by atoms with Gasteiger partial charge in [-0.25, -0.2) is 4.39 Å². The molecule has 2 atom stereocenters. The molecule has 1 saturated carbocycles. The van der Waals surface area contributed by atoms with E-state index in [0.717, 1.165) is 5.56 Å². The van der Waals surface area contributed by atoms with Crippen LogP contribution >= 0.6 is 23.2 Å². The third-order valence-corrected chi connectivity index (χ3v) is 5.78. The maximum atomic E-state index is 14.3. The lowest BCUT2D eigenvalue weighted by Gasteiger charge is -2.39. The van der Waals surface area contributed by atoms with Crippen molar-refractivity contribution in [3.63, 3.8) is 0 Å². The number of hydrogen-bond acceptors (Lipinski definition) is 3. The fourth-order valence-corrected chi connectivity index (χ4v) is 3.96. The zero-order chi connectivity index (χ0) is 18.4. The van der Waals surface area contributed by atoms with Gasteiger partial charge in [0.25, 0.3) is 0 Å². The van der Waals surface area contributed by atoms with Crippen molar-refractivity contribution in [2.75, 3.05) is 13.6 Å². The highest BCUT2D eigenvalue weighted by molar-refractivity contribution is 6.42. The molecule has 1 aliphatic carbocycles. The molecule has 2 aliphatic rings. The van der Waals surface area contributed by atoms with Crippen molar-refractivity contribution in [2.45, 2.75) is 37.0 Å². The number of hydrogen-bond donors (Lipinski definition) is 2. The van der Waals surface area contributed by atoms with Crippen molar-refractivity contribution in [1.29, 1.82) is 0 Å². The maximum Gasteiger partial charge on any atom is 0.226 e. The molecule has 3 N–H and O–H groups in total. The standard InChI is InChI=1S/C17H20Cl2FN3O2/c1-23-14(24)5-11(15(23)9-2-3-12(18)13(19)4-9)16(25)22-8-17(20)6-10(21)7-17/h2-4,10-11,15H,5-8,21H2,1H3,(H,22,25). The van der Waals surface area contributed by atoms with Gasteiger partial charge in [-0.05, 0) is 30.5 Å². The van der Waals surface area contributed by atoms with E-state index in [1.807, 2.05) is 0 Å². The number of nitrogens with one attached hydrogen (secondary N) is 1. The summed E-state index contributed by atoms with van der Waals surface area (Å²) in [5.41, 5.74) is 4.90. The van der Waals surface area contributed by atoms with E-state index < -0.39 is 17.6 Å². The van der Waals surface area contributed by atoms with Crippen LogP contribution in [0, 0.1) is 5.92 Å². The largest absolute Gasteiger partial charge is 0.353 e. The van der Waals surface area contributed by atoms with Gasteiger partial charge in [0.1, 0.15) is 5.67 Å². The Labute approximate surface area is 155 Å². The summed E-state index contributed by atoms with van der Waals surface area (Å²) in [6.45, 7) is -0.0813. The normalized spacial score (nSPS) is 31.8. The Balaban J connectivity index is 1.75. The second-order valence-electron chi connectivity index (χ2n) is 6.97. The van der Waals surface area contributed by atoms with E-state index in [1.54, 1.807) is 25.2 Å². The fourth-order valence-electron chi connectivity index (χ4n) is 3.66. The first-order valence-corrected chi connectivity index (χ1v) is 8.88. The monoisotopic (exact) mass is 387 g/mol. The topological polar surface area (TPSA) is 75.4 Å². The molecule has 25 heavy (non-hydrogen) atoms. The summed E-state index contributed by atoms with van der Waals surface area (Å²) >= 11 is 12.0. The molecule has 2 fully saturated rings. The van der Waals surface area contributed by atoms with Gasteiger partial charge in [0.05, 0.1) is 28.5 Å². The average Bonchev–Trinajstić information content (AvgIpc) is 2.82. The van der Waals surface area contributed by atoms with Gasteiger partial charge in [-0.3, -0.25) is 9.59 Å². The molecule has 1 aliphatic heterocycles. The van der Waals surface area contributed by atoms with Gasteiger partial charge in [-0.2, -0.15) is 0 Å². The Morgan fingerprint density at radius 1 is 1.40 bits per heavy atom. The summed E-state index contributed by atoms with van der Waals surface area (Å²) in [7, 11) is 1.64. The first-order chi connectivity index (χ1) is 11.7. The molecule has 2 unspecified atom stereocenters. The van der Waals surface area contributed by atoms with Crippen LogP contribution in [0.2, 0.25) is 10.0 Å². The summed E-state index contributed by atoms with van der Waals surface area (Å²) in [6.07, 6.45) is 0.562. The molecule has 1 aromatic rings. The van der Waals surface area contributed by atoms with Gasteiger partial charge in [-0.15, -0.1) is 0 Å². The Kier molecular flexibility index (Phi) is 4.97. The fraction of sp³-hybridized carbons (Fsp3) is 0.529. The first kappa shape index (κ1) is 18.4. The number of alkyl halides is 1. The van der Waals surface area contributed by atoms with Crippen LogP contribution in [-0.4, -0.2) is 42.0 Å². The maximum absolute atomic E-state index is 14.3. The molecular weight excluding hydrogens is 368 g/mol. The van der Waals surface area contributed by atoms with E-state index in [-0.39, 0.29) is 43.7 Å². The molecule has 0 aromatic heterocycles. The second-order valence-corrected chi connectivity index (χ2v) is 7.79. The smallest absolute Gasteiger partial charge is 0.226 e. The van der Waals surface area contributed by atoms with Crippen LogP contribution in [0.1, 0.15) is 30.9 Å². The Morgan fingerprint density at radius 3 is 2.68 bits per heavy atom. The van der Waals surface area contributed by atoms with E-state index in [0.29, 0.717) is 10.0 Å². The van der Waals surface area contributed by atoms with Crippen molar-refractivity contribution >= 4 is 35.0 Å². The number of benzene rings is 1. The predicted octanol–water partition coefficient (Wildman–Crippen LogP) is 2.46. The summed E-state index contributed by atoms with van der Waals surface area (Å²) in [5.74, 6) is -1.09. The second kappa shape index (κ2) is 6.74. The molecule has 0 radical (unpaired) electrons. The molecule has 136 valence electrons. The van der Waals surface area contributed by atoms with Crippen LogP contribution in [0.5, 0.6) is 0 Å². The molecule has 1 saturated heterocycles. The number of carbonyl (C=O) groups is 2. The number of rotatable bonds is 4. The van der Waals surface area contributed by atoms with Crippen LogP contribution in [0.25, 0.3) is 0 Å². The SMILES string of the molecule is CN1C(=O)CC(C(=O)NCC2(F)CC(N)C2)C1c1ccc(Cl)c(Cl)c1. The Bertz CT molecular complexity index is 709. The minimum atomic E-state index is -1.44. The summed E-state index contributed by atoms with van der Waals surface area (Å²) in [4.78, 5) is 26.2. The highest BCUT2D eigenvalue weighted by Gasteiger charge is 2.46. The van der Waals surface area contributed by atoms with Crippen molar-refractivity contribution in [1.82, 2.24) is 10.2 Å². The first-order valence-electron chi connectivity index (χ1n) is 8.13. The molecular formula is C17H20Cl2FN3O2. The van der Waals surface area contributed by atoms with Crippen LogP contribution in [0.4, 0.5) is 4.39 Å². The van der Waals surface area contributed by atoms with E-state index in [1.165, 1.54) is 4.90 Å². The minimum absolute atomic E-state index is 0.0754. The molecule has 3 rings (SSSR count). The van der Waals surface area contributed by atoms with Gasteiger partial charge in [0, 0.05) is 19.5 Å². The van der Waals surface area contributed by atoms with Gasteiger partial charge >= 0.3 is 0 Å². The molecule has 1 aromatic carbocycles. The van der Waals surface area contributed by atoms with Gasteiger partial charge in [0.15, 0.2) is 0 Å². The molecule has 1 heterocycles. The zero-order valence-electron chi connectivity index (χ0n) is 13.8. The van der Waals surface area contributed by atoms with E-state index in [9.17, 15) is 14.0 Å². The number of nitrogens with two attached hydrogens (primary N) is 1. The number of likely N-dealkylation sites (tertiary alicyclic amines) is 1. The molecule has 5 nitrogen and oxygen atoms in total. The highest BCUT2D eigenvalue weighted by atomic mass is 35.5. The van der Waals surface area contributed by atoms with Gasteiger partial charge < -0.3 is 16.0 Å². The van der Waals surface area contributed by atoms with Crippen molar-refractivity contribution in [3.05, 3.63) is 33.8 Å². The van der Waals surface area contributed by atoms with Crippen LogP contribution in [0.15, 0.2) is 18.2 Å². The van der Waals surface area contributed by atoms with Crippen molar-refractivity contribution < 1.29 is 14.0 Å². The molecule has 8 heteroatoms. The molecule has 0 spiro atoms. The minimum Gasteiger partial charge on any atom is -0.353 e. The van der Waals surface area contributed by atoms with Crippen LogP contribution in [0.3, 0.4) is 0 Å². The van der Waals surface area contributed by atoms with Crippen LogP contribution in [-0.2, 0) is 9.59 Å². The highest BCUT2D eigenvalue weighted by Crippen LogP contribution is 2.39. The van der Waals surface area contributed by atoms with E-state index >= 15 is 0 Å². The summed E-state index contributed by atoms with van der Waals surface area (Å²) < 4.78 is 14.3. The van der Waals surface area contributed by atoms with Crippen LogP contribution < -0.4 is 11.1 Å². The van der Waals surface area contributed by atoms with Crippen molar-refractivity contribution in [2.24, 2.45) is 11.7 Å². The number of carbonyl (C=O) groups excluding carboxylic acids is 2. The third-order valence-electron chi connectivity index (χ3n) is 5.04. The number of halogens is 3. The average molecular weight is 388 g/mol. The van der Waals surface area contributed by atoms with Gasteiger partial charge in [-0.1, -0.05) is 29.3 Å². The van der Waals surface area contributed by atoms with Gasteiger partial charge in [0.2, 0.25) is 11.8 Å². The zero-order valence-corrected chi connectivity index (χ0v) is 15.3. The molecule has 2 amide bonds. The lowest BCUT2D eigenvalue weighted by molar-refractivity contribution is -0.128. The predicted molar refractivity (Wildman–Crippen MR) is 94.1 cm³/mol. The quantitative estimate of drug-likeness (QED) is 0.832. The number of nitrogens with zero attached hydrogens (tertiary/aromatic N) is 1. The summed E-state index contributed by atoms with van der Waals surface area (Å²) in [5, 5.41) is 3.41. The lowest BCUT2D eigenvalue weighted by Crippen LogP contribution is -2.55. The van der Waals surface area contributed by atoms with E-state index in [2.05, 4.69) is 5.32 Å². The van der Waals surface area contributed by atoms with Crippen molar-refractivity contribution in [3.8, 4) is 0 Å². The number of amides is 2.